The van der Waals surface area contributed by atoms with E-state index in [1.165, 1.54) is 31.4 Å². The van der Waals surface area contributed by atoms with Crippen molar-refractivity contribution in [2.75, 3.05) is 0 Å². The molecule has 110 valence electrons. The summed E-state index contributed by atoms with van der Waals surface area (Å²) in [5.74, 6) is 1.41. The van der Waals surface area contributed by atoms with Crippen molar-refractivity contribution in [3.05, 3.63) is 56.0 Å². The largest absolute Gasteiger partial charge is 0.347 e. The maximum absolute atomic E-state index is 6.23. The third-order valence-electron chi connectivity index (χ3n) is 4.01. The van der Waals surface area contributed by atoms with E-state index in [0.29, 0.717) is 27.0 Å². The van der Waals surface area contributed by atoms with Gasteiger partial charge in [0.15, 0.2) is 0 Å². The molecule has 0 spiro atoms. The first-order valence-electron chi connectivity index (χ1n) is 7.16. The van der Waals surface area contributed by atoms with Gasteiger partial charge in [0, 0.05) is 22.2 Å². The minimum atomic E-state index is 0.572. The molecule has 0 bridgehead atoms. The maximum atomic E-state index is 6.23. The number of rotatable bonds is 3. The van der Waals surface area contributed by atoms with Crippen LogP contribution in [0.15, 0.2) is 24.3 Å². The smallest absolute Gasteiger partial charge is 0.130 e. The van der Waals surface area contributed by atoms with E-state index in [4.69, 9.17) is 35.4 Å². The van der Waals surface area contributed by atoms with Crippen LogP contribution in [0.3, 0.4) is 0 Å². The second kappa shape index (κ2) is 6.47. The number of aromatic amines is 1. The number of hydrogen-bond donors (Lipinski definition) is 1. The van der Waals surface area contributed by atoms with E-state index < -0.39 is 0 Å². The standard InChI is InChI=1S/C16H16Cl2N2S/c17-12-6-3-7-13(18)11(12)8-15-19-14(9-16(21)20-15)10-4-1-2-5-10/h3,6-7,9-10H,1-2,4-5,8H2,(H,19,20,21). The van der Waals surface area contributed by atoms with Crippen LogP contribution in [0.25, 0.3) is 0 Å². The molecule has 1 N–H and O–H groups in total. The summed E-state index contributed by atoms with van der Waals surface area (Å²) in [5, 5.41) is 1.32. The summed E-state index contributed by atoms with van der Waals surface area (Å²) in [7, 11) is 0. The molecule has 1 heterocycles. The lowest BCUT2D eigenvalue weighted by atomic mass is 10.0. The molecule has 0 unspecified atom stereocenters. The molecular formula is C16H16Cl2N2S. The van der Waals surface area contributed by atoms with Crippen LogP contribution in [0.5, 0.6) is 0 Å². The van der Waals surface area contributed by atoms with Crippen molar-refractivity contribution < 1.29 is 0 Å². The highest BCUT2D eigenvalue weighted by Gasteiger charge is 2.18. The van der Waals surface area contributed by atoms with Gasteiger partial charge in [0.1, 0.15) is 10.5 Å². The third kappa shape index (κ3) is 3.47. The molecule has 0 saturated heterocycles. The van der Waals surface area contributed by atoms with Crippen LogP contribution in [-0.2, 0) is 6.42 Å². The van der Waals surface area contributed by atoms with E-state index in [9.17, 15) is 0 Å². The molecule has 0 radical (unpaired) electrons. The number of aromatic nitrogens is 2. The molecule has 1 aromatic carbocycles. The van der Waals surface area contributed by atoms with Gasteiger partial charge in [-0.15, -0.1) is 0 Å². The van der Waals surface area contributed by atoms with Crippen molar-refractivity contribution in [3.63, 3.8) is 0 Å². The van der Waals surface area contributed by atoms with Gasteiger partial charge < -0.3 is 4.98 Å². The van der Waals surface area contributed by atoms with Crippen LogP contribution in [0.4, 0.5) is 0 Å². The zero-order chi connectivity index (χ0) is 14.8. The van der Waals surface area contributed by atoms with E-state index in [2.05, 4.69) is 9.97 Å². The summed E-state index contributed by atoms with van der Waals surface area (Å²) in [6.07, 6.45) is 5.60. The molecule has 0 amide bonds. The Kier molecular flexibility index (Phi) is 4.63. The predicted molar refractivity (Wildman–Crippen MR) is 89.9 cm³/mol. The molecule has 3 rings (SSSR count). The third-order valence-corrected chi connectivity index (χ3v) is 4.93. The van der Waals surface area contributed by atoms with Gasteiger partial charge in [-0.05, 0) is 42.5 Å². The maximum Gasteiger partial charge on any atom is 0.130 e. The minimum absolute atomic E-state index is 0.572. The average Bonchev–Trinajstić information content (AvgIpc) is 2.97. The van der Waals surface area contributed by atoms with Crippen LogP contribution in [0, 0.1) is 4.64 Å². The first-order chi connectivity index (χ1) is 10.1. The molecule has 1 aliphatic carbocycles. The predicted octanol–water partition coefficient (Wildman–Crippen LogP) is 5.69. The summed E-state index contributed by atoms with van der Waals surface area (Å²) in [6.45, 7) is 0. The fourth-order valence-electron chi connectivity index (χ4n) is 2.94. The summed E-state index contributed by atoms with van der Waals surface area (Å²) in [6, 6.07) is 7.53. The number of hydrogen-bond acceptors (Lipinski definition) is 2. The van der Waals surface area contributed by atoms with Crippen LogP contribution in [-0.4, -0.2) is 9.97 Å². The monoisotopic (exact) mass is 338 g/mol. The van der Waals surface area contributed by atoms with E-state index >= 15 is 0 Å². The molecule has 0 atom stereocenters. The second-order valence-corrected chi connectivity index (χ2v) is 6.71. The number of H-pyrrole nitrogens is 1. The van der Waals surface area contributed by atoms with Crippen LogP contribution < -0.4 is 0 Å². The van der Waals surface area contributed by atoms with E-state index in [1.54, 1.807) is 0 Å². The van der Waals surface area contributed by atoms with Gasteiger partial charge in [0.25, 0.3) is 0 Å². The highest BCUT2D eigenvalue weighted by atomic mass is 35.5. The molecule has 1 saturated carbocycles. The van der Waals surface area contributed by atoms with Crippen LogP contribution >= 0.6 is 35.4 Å². The number of nitrogens with zero attached hydrogens (tertiary/aromatic N) is 1. The van der Waals surface area contributed by atoms with Gasteiger partial charge in [-0.2, -0.15) is 0 Å². The SMILES string of the molecule is S=c1cc(C2CCCC2)[nH]c(Cc2c(Cl)cccc2Cl)n1. The summed E-state index contributed by atoms with van der Waals surface area (Å²) < 4.78 is 0.633. The number of nitrogens with one attached hydrogen (secondary N) is 1. The highest BCUT2D eigenvalue weighted by Crippen LogP contribution is 2.33. The van der Waals surface area contributed by atoms with E-state index in [1.807, 2.05) is 24.3 Å². The highest BCUT2D eigenvalue weighted by molar-refractivity contribution is 7.71. The molecule has 2 nitrogen and oxygen atoms in total. The Labute approximate surface area is 139 Å². The molecule has 1 aliphatic rings. The van der Waals surface area contributed by atoms with Gasteiger partial charge in [0.05, 0.1) is 0 Å². The van der Waals surface area contributed by atoms with E-state index in [-0.39, 0.29) is 0 Å². The van der Waals surface area contributed by atoms with Gasteiger partial charge in [0.2, 0.25) is 0 Å². The quantitative estimate of drug-likeness (QED) is 0.727. The van der Waals surface area contributed by atoms with Gasteiger partial charge in [-0.25, -0.2) is 4.98 Å². The van der Waals surface area contributed by atoms with Gasteiger partial charge >= 0.3 is 0 Å². The summed E-state index contributed by atoms with van der Waals surface area (Å²) >= 11 is 17.8. The molecule has 2 aromatic rings. The average molecular weight is 339 g/mol. The lowest BCUT2D eigenvalue weighted by molar-refractivity contribution is 0.685. The van der Waals surface area contributed by atoms with Crippen molar-refractivity contribution in [2.24, 2.45) is 0 Å². The van der Waals surface area contributed by atoms with Gasteiger partial charge in [-0.3, -0.25) is 0 Å². The topological polar surface area (TPSA) is 28.7 Å². The Morgan fingerprint density at radius 2 is 1.86 bits per heavy atom. The van der Waals surface area contributed by atoms with Crippen LogP contribution in [0.1, 0.15) is 48.7 Å². The lowest BCUT2D eigenvalue weighted by Crippen LogP contribution is -2.04. The first kappa shape index (κ1) is 15.0. The zero-order valence-corrected chi connectivity index (χ0v) is 13.9. The van der Waals surface area contributed by atoms with Crippen molar-refractivity contribution in [1.82, 2.24) is 9.97 Å². The Morgan fingerprint density at radius 3 is 2.52 bits per heavy atom. The van der Waals surface area contributed by atoms with Crippen molar-refractivity contribution >= 4 is 35.4 Å². The molecule has 5 heteroatoms. The minimum Gasteiger partial charge on any atom is -0.347 e. The summed E-state index contributed by atoms with van der Waals surface area (Å²) in [5.41, 5.74) is 2.09. The Balaban J connectivity index is 1.93. The molecule has 0 aliphatic heterocycles. The van der Waals surface area contributed by atoms with Crippen molar-refractivity contribution in [2.45, 2.75) is 38.0 Å². The van der Waals surface area contributed by atoms with Crippen LogP contribution in [0.2, 0.25) is 10.0 Å². The number of benzene rings is 1. The Bertz CT molecular complexity index is 685. The van der Waals surface area contributed by atoms with Crippen molar-refractivity contribution in [3.8, 4) is 0 Å². The molecule has 1 aromatic heterocycles. The van der Waals surface area contributed by atoms with Crippen molar-refractivity contribution in [1.29, 1.82) is 0 Å². The fourth-order valence-corrected chi connectivity index (χ4v) is 3.71. The first-order valence-corrected chi connectivity index (χ1v) is 8.33. The lowest BCUT2D eigenvalue weighted by Gasteiger charge is -2.12. The molecule has 1 fully saturated rings. The summed E-state index contributed by atoms with van der Waals surface area (Å²) in [4.78, 5) is 7.86. The van der Waals surface area contributed by atoms with Gasteiger partial charge in [-0.1, -0.05) is 54.3 Å². The Morgan fingerprint density at radius 1 is 1.19 bits per heavy atom. The number of halogens is 2. The molecular weight excluding hydrogens is 323 g/mol. The molecule has 21 heavy (non-hydrogen) atoms. The normalized spacial score (nSPS) is 15.5. The second-order valence-electron chi connectivity index (χ2n) is 5.48. The Hall–Kier alpha value is -0.900. The fraction of sp³-hybridized carbons (Fsp3) is 0.375. The van der Waals surface area contributed by atoms with E-state index in [0.717, 1.165) is 11.4 Å². The zero-order valence-electron chi connectivity index (χ0n) is 11.5.